The van der Waals surface area contributed by atoms with Crippen LogP contribution in [0, 0.1) is 0 Å². The van der Waals surface area contributed by atoms with Gasteiger partial charge in [-0.05, 0) is 45.7 Å². The standard InChI is InChI=1S/C28H51N5O4Si2/c1-28(2,3)37-27(34)31-14-10-11-23(20-31)24-19-26(33-25(30-24)12-13-29-33)32(21-35-15-17-38(4,5)6)22-36-16-18-39(7,8)9/h12-13,19,23H,10-11,14-18,20-22H2,1-9H3. The molecule has 0 radical (unpaired) electrons. The number of nitrogens with zero attached hydrogens (tertiary/aromatic N) is 5. The van der Waals surface area contributed by atoms with Gasteiger partial charge in [0, 0.05) is 60.5 Å². The largest absolute Gasteiger partial charge is 0.444 e. The van der Waals surface area contributed by atoms with Gasteiger partial charge in [0.1, 0.15) is 24.9 Å². The normalized spacial score (nSPS) is 17.1. The Morgan fingerprint density at radius 1 is 1.05 bits per heavy atom. The van der Waals surface area contributed by atoms with Crippen molar-refractivity contribution in [1.29, 1.82) is 0 Å². The zero-order valence-corrected chi connectivity index (χ0v) is 27.7. The Kier molecular flexibility index (Phi) is 10.6. The first kappa shape index (κ1) is 31.6. The van der Waals surface area contributed by atoms with Crippen molar-refractivity contribution in [1.82, 2.24) is 19.5 Å². The van der Waals surface area contributed by atoms with Crippen LogP contribution in [-0.4, -0.2) is 87.1 Å². The number of amides is 1. The maximum Gasteiger partial charge on any atom is 0.410 e. The number of aromatic nitrogens is 3. The summed E-state index contributed by atoms with van der Waals surface area (Å²) in [6.07, 6.45) is 3.40. The molecule has 0 spiro atoms. The second kappa shape index (κ2) is 13.1. The lowest BCUT2D eigenvalue weighted by Crippen LogP contribution is -2.42. The van der Waals surface area contributed by atoms with Crippen LogP contribution in [0.5, 0.6) is 0 Å². The summed E-state index contributed by atoms with van der Waals surface area (Å²) in [6.45, 7) is 23.5. The fraction of sp³-hybridized carbons (Fsp3) is 0.750. The molecule has 0 aliphatic carbocycles. The van der Waals surface area contributed by atoms with Gasteiger partial charge in [0.25, 0.3) is 0 Å². The maximum atomic E-state index is 12.8. The smallest absolute Gasteiger partial charge is 0.410 e. The van der Waals surface area contributed by atoms with Gasteiger partial charge in [-0.3, -0.25) is 0 Å². The van der Waals surface area contributed by atoms with E-state index in [-0.39, 0.29) is 12.0 Å². The van der Waals surface area contributed by atoms with E-state index >= 15 is 0 Å². The van der Waals surface area contributed by atoms with Crippen molar-refractivity contribution in [2.24, 2.45) is 0 Å². The molecular formula is C28H51N5O4Si2. The van der Waals surface area contributed by atoms with E-state index in [0.29, 0.717) is 26.6 Å². The molecule has 3 heterocycles. The molecule has 220 valence electrons. The summed E-state index contributed by atoms with van der Waals surface area (Å²) < 4.78 is 19.9. The minimum atomic E-state index is -1.20. The van der Waals surface area contributed by atoms with Crippen LogP contribution < -0.4 is 4.90 Å². The van der Waals surface area contributed by atoms with E-state index in [4.69, 9.17) is 19.2 Å². The molecule has 1 amide bonds. The fourth-order valence-electron chi connectivity index (χ4n) is 4.34. The van der Waals surface area contributed by atoms with Crippen molar-refractivity contribution >= 4 is 33.7 Å². The van der Waals surface area contributed by atoms with Gasteiger partial charge in [-0.1, -0.05) is 39.3 Å². The summed E-state index contributed by atoms with van der Waals surface area (Å²) in [5.74, 6) is 1.02. The number of fused-ring (bicyclic) bond motifs is 1. The molecule has 0 aromatic carbocycles. The highest BCUT2D eigenvalue weighted by molar-refractivity contribution is 6.76. The number of hydrogen-bond acceptors (Lipinski definition) is 7. The first-order chi connectivity index (χ1) is 18.1. The summed E-state index contributed by atoms with van der Waals surface area (Å²) in [5, 5.41) is 4.57. The molecule has 0 N–H and O–H groups in total. The highest BCUT2D eigenvalue weighted by Crippen LogP contribution is 2.30. The molecule has 1 atom stereocenters. The Balaban J connectivity index is 1.82. The summed E-state index contributed by atoms with van der Waals surface area (Å²) in [7, 11) is -2.39. The monoisotopic (exact) mass is 577 g/mol. The van der Waals surface area contributed by atoms with Crippen LogP contribution >= 0.6 is 0 Å². The van der Waals surface area contributed by atoms with Gasteiger partial charge in [0.2, 0.25) is 0 Å². The third kappa shape index (κ3) is 10.5. The van der Waals surface area contributed by atoms with Crippen LogP contribution in [0.1, 0.15) is 45.2 Å². The molecule has 0 bridgehead atoms. The van der Waals surface area contributed by atoms with Crippen molar-refractivity contribution in [3.8, 4) is 0 Å². The van der Waals surface area contributed by atoms with Gasteiger partial charge in [0.05, 0.1) is 11.9 Å². The molecule has 11 heteroatoms. The van der Waals surface area contributed by atoms with E-state index in [1.165, 1.54) is 0 Å². The van der Waals surface area contributed by atoms with E-state index in [9.17, 15) is 4.79 Å². The molecule has 0 saturated carbocycles. The third-order valence-electron chi connectivity index (χ3n) is 6.66. The zero-order valence-electron chi connectivity index (χ0n) is 25.7. The quantitative estimate of drug-likeness (QED) is 0.167. The molecule has 9 nitrogen and oxygen atoms in total. The molecule has 1 aliphatic rings. The van der Waals surface area contributed by atoms with E-state index in [2.05, 4.69) is 55.3 Å². The number of carbonyl (C=O) groups excluding carboxylic acids is 1. The topological polar surface area (TPSA) is 81.4 Å². The summed E-state index contributed by atoms with van der Waals surface area (Å²) in [6, 6.07) is 6.25. The van der Waals surface area contributed by atoms with E-state index in [1.54, 1.807) is 6.20 Å². The average molecular weight is 578 g/mol. The summed E-state index contributed by atoms with van der Waals surface area (Å²) >= 11 is 0. The third-order valence-corrected chi connectivity index (χ3v) is 10.1. The van der Waals surface area contributed by atoms with Crippen LogP contribution in [-0.2, 0) is 14.2 Å². The minimum absolute atomic E-state index is 0.118. The number of anilines is 1. The van der Waals surface area contributed by atoms with Gasteiger partial charge in [-0.25, -0.2) is 9.78 Å². The van der Waals surface area contributed by atoms with Crippen molar-refractivity contribution in [2.45, 2.75) is 96.5 Å². The number of carbonyl (C=O) groups is 1. The SMILES string of the molecule is CC(C)(C)OC(=O)N1CCCC(c2cc(N(COCC[Si](C)(C)C)COCC[Si](C)(C)C)n3nccc3n2)C1. The predicted octanol–water partition coefficient (Wildman–Crippen LogP) is 6.27. The summed E-state index contributed by atoms with van der Waals surface area (Å²) in [5.41, 5.74) is 1.23. The maximum absolute atomic E-state index is 12.8. The number of hydrogen-bond donors (Lipinski definition) is 0. The van der Waals surface area contributed by atoms with Crippen molar-refractivity contribution < 1.29 is 19.0 Å². The second-order valence-electron chi connectivity index (χ2n) is 14.1. The number of likely N-dealkylation sites (tertiary alicyclic amines) is 1. The number of rotatable bonds is 12. The van der Waals surface area contributed by atoms with Crippen molar-refractivity contribution in [3.63, 3.8) is 0 Å². The lowest BCUT2D eigenvalue weighted by molar-refractivity contribution is 0.0197. The zero-order chi connectivity index (χ0) is 28.8. The molecule has 1 aliphatic heterocycles. The molecule has 2 aromatic rings. The van der Waals surface area contributed by atoms with Crippen LogP contribution in [0.3, 0.4) is 0 Å². The Morgan fingerprint density at radius 3 is 2.23 bits per heavy atom. The van der Waals surface area contributed by atoms with Gasteiger partial charge >= 0.3 is 6.09 Å². The lowest BCUT2D eigenvalue weighted by Gasteiger charge is -2.34. The molecule has 2 aromatic heterocycles. The second-order valence-corrected chi connectivity index (χ2v) is 25.4. The minimum Gasteiger partial charge on any atom is -0.444 e. The average Bonchev–Trinajstić information content (AvgIpc) is 3.29. The van der Waals surface area contributed by atoms with Crippen molar-refractivity contribution in [2.75, 3.05) is 44.7 Å². The number of piperidine rings is 1. The first-order valence-electron chi connectivity index (χ1n) is 14.3. The van der Waals surface area contributed by atoms with Gasteiger partial charge in [-0.15, -0.1) is 0 Å². The van der Waals surface area contributed by atoms with Gasteiger partial charge in [-0.2, -0.15) is 9.61 Å². The molecule has 1 unspecified atom stereocenters. The summed E-state index contributed by atoms with van der Waals surface area (Å²) in [4.78, 5) is 21.7. The van der Waals surface area contributed by atoms with Crippen molar-refractivity contribution in [3.05, 3.63) is 24.0 Å². The van der Waals surface area contributed by atoms with Gasteiger partial charge in [0.15, 0.2) is 5.65 Å². The molecular weight excluding hydrogens is 527 g/mol. The highest BCUT2D eigenvalue weighted by atomic mass is 28.3. The highest BCUT2D eigenvalue weighted by Gasteiger charge is 2.30. The molecule has 1 saturated heterocycles. The van der Waals surface area contributed by atoms with Crippen LogP contribution in [0.25, 0.3) is 5.65 Å². The Labute approximate surface area is 237 Å². The number of ether oxygens (including phenoxy) is 3. The molecule has 1 fully saturated rings. The Morgan fingerprint density at radius 2 is 1.67 bits per heavy atom. The van der Waals surface area contributed by atoms with E-state index in [0.717, 1.165) is 55.3 Å². The van der Waals surface area contributed by atoms with E-state index < -0.39 is 21.7 Å². The Bertz CT molecular complexity index is 1050. The van der Waals surface area contributed by atoms with Crippen LogP contribution in [0.2, 0.25) is 51.4 Å². The molecule has 39 heavy (non-hydrogen) atoms. The first-order valence-corrected chi connectivity index (χ1v) is 21.8. The van der Waals surface area contributed by atoms with E-state index in [1.807, 2.05) is 36.3 Å². The lowest BCUT2D eigenvalue weighted by atomic mass is 9.94. The van der Waals surface area contributed by atoms with Crippen LogP contribution in [0.15, 0.2) is 18.3 Å². The van der Waals surface area contributed by atoms with Crippen LogP contribution in [0.4, 0.5) is 10.6 Å². The fourth-order valence-corrected chi connectivity index (χ4v) is 5.85. The van der Waals surface area contributed by atoms with Gasteiger partial charge < -0.3 is 24.0 Å². The Hall–Kier alpha value is -1.96. The molecule has 3 rings (SSSR count). The predicted molar refractivity (Wildman–Crippen MR) is 163 cm³/mol.